The van der Waals surface area contributed by atoms with Crippen molar-refractivity contribution in [1.82, 2.24) is 0 Å². The Labute approximate surface area is 119 Å². The van der Waals surface area contributed by atoms with Crippen LogP contribution >= 0.6 is 0 Å². The zero-order valence-electron chi connectivity index (χ0n) is 12.7. The van der Waals surface area contributed by atoms with Crippen LogP contribution < -0.4 is 10.6 Å². The number of amides is 2. The third-order valence-corrected chi connectivity index (χ3v) is 2.48. The first-order valence-corrected chi connectivity index (χ1v) is 6.62. The number of ether oxygens (including phenoxy) is 1. The minimum absolute atomic E-state index is 0.0671. The molecular weight excluding hydrogens is 256 g/mol. The normalized spacial score (nSPS) is 10.8. The molecule has 0 atom stereocenters. The van der Waals surface area contributed by atoms with Crippen LogP contribution in [0.25, 0.3) is 0 Å². The zero-order valence-corrected chi connectivity index (χ0v) is 12.7. The van der Waals surface area contributed by atoms with Gasteiger partial charge in [-0.25, -0.2) is 4.79 Å². The number of rotatable bonds is 3. The van der Waals surface area contributed by atoms with Crippen molar-refractivity contribution in [2.24, 2.45) is 0 Å². The van der Waals surface area contributed by atoms with Gasteiger partial charge in [0.15, 0.2) is 0 Å². The number of hydrogen-bond acceptors (Lipinski definition) is 3. The summed E-state index contributed by atoms with van der Waals surface area (Å²) in [4.78, 5) is 23.1. The number of carbonyl (C=O) groups excluding carboxylic acids is 2. The summed E-state index contributed by atoms with van der Waals surface area (Å²) in [6, 6.07) is 5.31. The molecule has 1 aromatic carbocycles. The number of hydrogen-bond donors (Lipinski definition) is 2. The van der Waals surface area contributed by atoms with Crippen molar-refractivity contribution in [2.75, 3.05) is 10.6 Å². The maximum absolute atomic E-state index is 11.7. The Morgan fingerprint density at radius 1 is 1.20 bits per heavy atom. The number of benzene rings is 1. The van der Waals surface area contributed by atoms with Gasteiger partial charge in [0, 0.05) is 17.8 Å². The van der Waals surface area contributed by atoms with Crippen LogP contribution in [0.3, 0.4) is 0 Å². The van der Waals surface area contributed by atoms with Gasteiger partial charge in [-0.15, -0.1) is 0 Å². The molecule has 20 heavy (non-hydrogen) atoms. The quantitative estimate of drug-likeness (QED) is 0.886. The van der Waals surface area contributed by atoms with Gasteiger partial charge in [0.2, 0.25) is 5.91 Å². The third kappa shape index (κ3) is 5.30. The molecule has 2 N–H and O–H groups in total. The van der Waals surface area contributed by atoms with Crippen molar-refractivity contribution in [1.29, 1.82) is 0 Å². The highest BCUT2D eigenvalue weighted by atomic mass is 16.6. The van der Waals surface area contributed by atoms with Gasteiger partial charge in [-0.3, -0.25) is 10.1 Å². The fourth-order valence-electron chi connectivity index (χ4n) is 1.49. The van der Waals surface area contributed by atoms with E-state index in [1.807, 2.05) is 13.0 Å². The second kappa shape index (κ2) is 6.41. The molecule has 0 saturated carbocycles. The van der Waals surface area contributed by atoms with Crippen LogP contribution in [-0.4, -0.2) is 17.6 Å². The van der Waals surface area contributed by atoms with Crippen molar-refractivity contribution in [3.63, 3.8) is 0 Å². The maximum Gasteiger partial charge on any atom is 0.412 e. The molecule has 0 aromatic heterocycles. The molecular formula is C15H22N2O3. The summed E-state index contributed by atoms with van der Waals surface area (Å²) in [5.41, 5.74) is 1.65. The summed E-state index contributed by atoms with van der Waals surface area (Å²) in [7, 11) is 0. The molecule has 110 valence electrons. The van der Waals surface area contributed by atoms with E-state index in [0.29, 0.717) is 17.8 Å². The second-order valence-electron chi connectivity index (χ2n) is 5.56. The largest absolute Gasteiger partial charge is 0.444 e. The lowest BCUT2D eigenvalue weighted by atomic mass is 10.1. The summed E-state index contributed by atoms with van der Waals surface area (Å²) < 4.78 is 5.18. The predicted octanol–water partition coefficient (Wildman–Crippen LogP) is 3.69. The highest BCUT2D eigenvalue weighted by Crippen LogP contribution is 2.21. The Kier molecular flexibility index (Phi) is 5.13. The van der Waals surface area contributed by atoms with Gasteiger partial charge in [-0.05, 0) is 45.4 Å². The summed E-state index contributed by atoms with van der Waals surface area (Å²) in [5.74, 6) is -0.0671. The Hall–Kier alpha value is -2.04. The van der Waals surface area contributed by atoms with Gasteiger partial charge in [0.05, 0.1) is 0 Å². The van der Waals surface area contributed by atoms with E-state index in [4.69, 9.17) is 4.74 Å². The van der Waals surface area contributed by atoms with E-state index in [2.05, 4.69) is 10.6 Å². The summed E-state index contributed by atoms with van der Waals surface area (Å²) in [5, 5.41) is 5.44. The van der Waals surface area contributed by atoms with Crippen molar-refractivity contribution in [3.05, 3.63) is 23.8 Å². The first-order chi connectivity index (χ1) is 9.21. The molecule has 0 aliphatic rings. The maximum atomic E-state index is 11.7. The fourth-order valence-corrected chi connectivity index (χ4v) is 1.49. The van der Waals surface area contributed by atoms with E-state index < -0.39 is 11.7 Å². The van der Waals surface area contributed by atoms with Gasteiger partial charge in [0.1, 0.15) is 5.60 Å². The Balaban J connectivity index is 2.79. The van der Waals surface area contributed by atoms with E-state index >= 15 is 0 Å². The second-order valence-corrected chi connectivity index (χ2v) is 5.56. The van der Waals surface area contributed by atoms with Gasteiger partial charge in [0.25, 0.3) is 0 Å². The minimum atomic E-state index is -0.548. The van der Waals surface area contributed by atoms with Crippen LogP contribution in [0.1, 0.15) is 39.7 Å². The molecule has 0 unspecified atom stereocenters. The van der Waals surface area contributed by atoms with Crippen LogP contribution in [0.5, 0.6) is 0 Å². The Morgan fingerprint density at radius 2 is 1.85 bits per heavy atom. The minimum Gasteiger partial charge on any atom is -0.444 e. The van der Waals surface area contributed by atoms with Crippen LogP contribution in [0.15, 0.2) is 18.2 Å². The summed E-state index contributed by atoms with van der Waals surface area (Å²) in [6.45, 7) is 9.08. The van der Waals surface area contributed by atoms with Gasteiger partial charge in [-0.2, -0.15) is 0 Å². The zero-order chi connectivity index (χ0) is 15.3. The molecule has 0 aliphatic carbocycles. The predicted molar refractivity (Wildman–Crippen MR) is 80.0 cm³/mol. The lowest BCUT2D eigenvalue weighted by Crippen LogP contribution is -2.27. The monoisotopic (exact) mass is 278 g/mol. The van der Waals surface area contributed by atoms with Crippen LogP contribution in [0, 0.1) is 6.92 Å². The van der Waals surface area contributed by atoms with E-state index in [0.717, 1.165) is 5.56 Å². The molecule has 0 heterocycles. The molecule has 5 heteroatoms. The molecule has 2 amide bonds. The van der Waals surface area contributed by atoms with Gasteiger partial charge >= 0.3 is 6.09 Å². The first kappa shape index (κ1) is 16.0. The number of nitrogens with one attached hydrogen (secondary N) is 2. The lowest BCUT2D eigenvalue weighted by molar-refractivity contribution is -0.115. The molecule has 0 bridgehead atoms. The van der Waals surface area contributed by atoms with E-state index in [1.165, 1.54) is 0 Å². The molecule has 0 saturated heterocycles. The number of carbonyl (C=O) groups is 2. The van der Waals surface area contributed by atoms with Crippen molar-refractivity contribution < 1.29 is 14.3 Å². The third-order valence-electron chi connectivity index (χ3n) is 2.48. The topological polar surface area (TPSA) is 67.4 Å². The average Bonchev–Trinajstić information content (AvgIpc) is 2.30. The average molecular weight is 278 g/mol. The molecule has 0 fully saturated rings. The highest BCUT2D eigenvalue weighted by Gasteiger charge is 2.16. The first-order valence-electron chi connectivity index (χ1n) is 6.62. The molecule has 0 aliphatic heterocycles. The van der Waals surface area contributed by atoms with Gasteiger partial charge in [-0.1, -0.05) is 13.0 Å². The van der Waals surface area contributed by atoms with Gasteiger partial charge < -0.3 is 10.1 Å². The van der Waals surface area contributed by atoms with E-state index in [1.54, 1.807) is 39.8 Å². The Morgan fingerprint density at radius 3 is 2.40 bits per heavy atom. The van der Waals surface area contributed by atoms with Crippen LogP contribution in [-0.2, 0) is 9.53 Å². The molecule has 0 spiro atoms. The lowest BCUT2D eigenvalue weighted by Gasteiger charge is -2.20. The van der Waals surface area contributed by atoms with Crippen molar-refractivity contribution >= 4 is 23.4 Å². The summed E-state index contributed by atoms with van der Waals surface area (Å²) >= 11 is 0. The molecule has 0 radical (unpaired) electrons. The SMILES string of the molecule is CCC(=O)Nc1cc(NC(=O)OC(C)(C)C)ccc1C. The van der Waals surface area contributed by atoms with Crippen molar-refractivity contribution in [2.45, 2.75) is 46.6 Å². The Bertz CT molecular complexity index is 504. The fraction of sp³-hybridized carbons (Fsp3) is 0.467. The highest BCUT2D eigenvalue weighted by molar-refractivity contribution is 5.93. The van der Waals surface area contributed by atoms with Crippen LogP contribution in [0.2, 0.25) is 0 Å². The number of anilines is 2. The number of aryl methyl sites for hydroxylation is 1. The smallest absolute Gasteiger partial charge is 0.412 e. The standard InChI is InChI=1S/C15H22N2O3/c1-6-13(18)17-12-9-11(8-7-10(12)2)16-14(19)20-15(3,4)5/h7-9H,6H2,1-5H3,(H,16,19)(H,17,18). The summed E-state index contributed by atoms with van der Waals surface area (Å²) in [6.07, 6.45) is -0.113. The molecule has 5 nitrogen and oxygen atoms in total. The van der Waals surface area contributed by atoms with Crippen molar-refractivity contribution in [3.8, 4) is 0 Å². The van der Waals surface area contributed by atoms with Crippen LogP contribution in [0.4, 0.5) is 16.2 Å². The molecule has 1 aromatic rings. The molecule has 1 rings (SSSR count). The van der Waals surface area contributed by atoms with E-state index in [-0.39, 0.29) is 5.91 Å². The van der Waals surface area contributed by atoms with E-state index in [9.17, 15) is 9.59 Å².